The van der Waals surface area contributed by atoms with Crippen LogP contribution in [0.5, 0.6) is 0 Å². The highest BCUT2D eigenvalue weighted by atomic mass is 16.2. The van der Waals surface area contributed by atoms with Crippen LogP contribution < -0.4 is 0 Å². The molecule has 0 N–H and O–H groups in total. The van der Waals surface area contributed by atoms with Crippen molar-refractivity contribution in [2.75, 3.05) is 13.6 Å². The zero-order valence-electron chi connectivity index (χ0n) is 18.6. The number of amides is 1. The molecule has 3 aliphatic carbocycles. The van der Waals surface area contributed by atoms with Crippen molar-refractivity contribution in [2.45, 2.75) is 65.7 Å². The normalized spacial score (nSPS) is 41.9. The van der Waals surface area contributed by atoms with Gasteiger partial charge in [-0.2, -0.15) is 0 Å². The second kappa shape index (κ2) is 6.68. The Morgan fingerprint density at radius 2 is 1.93 bits per heavy atom. The molecule has 29 heavy (non-hydrogen) atoms. The van der Waals surface area contributed by atoms with Crippen molar-refractivity contribution >= 4 is 11.5 Å². The summed E-state index contributed by atoms with van der Waals surface area (Å²) in [7, 11) is 2.02. The Bertz CT molecular complexity index is 860. The van der Waals surface area contributed by atoms with E-state index in [1.54, 1.807) is 5.57 Å². The number of carbonyl (C=O) groups excluding carboxylic acids is 1. The zero-order chi connectivity index (χ0) is 20.4. The summed E-state index contributed by atoms with van der Waals surface area (Å²) < 4.78 is 0. The van der Waals surface area contributed by atoms with E-state index < -0.39 is 0 Å². The van der Waals surface area contributed by atoms with Crippen LogP contribution in [0.4, 0.5) is 0 Å². The highest BCUT2D eigenvalue weighted by molar-refractivity contribution is 5.76. The van der Waals surface area contributed by atoms with Crippen LogP contribution in [-0.4, -0.2) is 29.4 Å². The fourth-order valence-electron chi connectivity index (χ4n) is 7.94. The minimum atomic E-state index is 0.289. The van der Waals surface area contributed by atoms with Gasteiger partial charge in [-0.05, 0) is 103 Å². The average molecular weight is 393 g/mol. The molecule has 1 aromatic rings. The van der Waals surface area contributed by atoms with Gasteiger partial charge in [-0.3, -0.25) is 9.78 Å². The van der Waals surface area contributed by atoms with E-state index in [9.17, 15) is 4.79 Å². The minimum absolute atomic E-state index is 0.289. The summed E-state index contributed by atoms with van der Waals surface area (Å²) in [6.45, 7) is 8.19. The molecule has 1 aliphatic heterocycles. The van der Waals surface area contributed by atoms with Gasteiger partial charge in [0.25, 0.3) is 0 Å². The number of carbonyl (C=O) groups is 1. The molecule has 1 aromatic heterocycles. The maximum atomic E-state index is 12.4. The van der Waals surface area contributed by atoms with Gasteiger partial charge in [-0.1, -0.05) is 19.9 Å². The van der Waals surface area contributed by atoms with Crippen LogP contribution in [0.3, 0.4) is 0 Å². The molecule has 3 unspecified atom stereocenters. The number of hydrogen-bond acceptors (Lipinski definition) is 2. The van der Waals surface area contributed by atoms with Crippen molar-refractivity contribution in [2.24, 2.45) is 34.5 Å². The molecular weight excluding hydrogens is 356 g/mol. The number of allylic oxidation sites excluding steroid dienone is 2. The van der Waals surface area contributed by atoms with Crippen LogP contribution in [0.2, 0.25) is 0 Å². The van der Waals surface area contributed by atoms with E-state index in [0.717, 1.165) is 37.1 Å². The van der Waals surface area contributed by atoms with E-state index in [1.165, 1.54) is 43.2 Å². The first-order valence-electron chi connectivity index (χ1n) is 11.7. The van der Waals surface area contributed by atoms with Crippen molar-refractivity contribution in [3.05, 3.63) is 35.7 Å². The topological polar surface area (TPSA) is 33.2 Å². The summed E-state index contributed by atoms with van der Waals surface area (Å²) in [5.41, 5.74) is 4.77. The molecule has 156 valence electrons. The SMILES string of the molecule is Cc1cncc(C2=CCC3[C@@H]4CCC5CN(C)C(=O)CC[C@]5(C)C4CC[C@]23C)c1. The van der Waals surface area contributed by atoms with Crippen molar-refractivity contribution in [3.8, 4) is 0 Å². The van der Waals surface area contributed by atoms with Gasteiger partial charge in [0.05, 0.1) is 0 Å². The Morgan fingerprint density at radius 3 is 2.72 bits per heavy atom. The maximum absolute atomic E-state index is 12.4. The summed E-state index contributed by atoms with van der Waals surface area (Å²) in [5.74, 6) is 3.38. The van der Waals surface area contributed by atoms with Crippen LogP contribution in [0.25, 0.3) is 5.57 Å². The summed E-state index contributed by atoms with van der Waals surface area (Å²) >= 11 is 0. The fraction of sp³-hybridized carbons (Fsp3) is 0.692. The number of likely N-dealkylation sites (tertiary alicyclic amines) is 1. The van der Waals surface area contributed by atoms with E-state index in [-0.39, 0.29) is 5.41 Å². The number of hydrogen-bond donors (Lipinski definition) is 0. The van der Waals surface area contributed by atoms with Gasteiger partial charge in [0.1, 0.15) is 0 Å². The number of fused-ring (bicyclic) bond motifs is 5. The van der Waals surface area contributed by atoms with Gasteiger partial charge in [0, 0.05) is 32.4 Å². The van der Waals surface area contributed by atoms with Crippen LogP contribution >= 0.6 is 0 Å². The van der Waals surface area contributed by atoms with Gasteiger partial charge >= 0.3 is 0 Å². The Balaban J connectivity index is 1.44. The first kappa shape index (κ1) is 19.3. The highest BCUT2D eigenvalue weighted by Gasteiger charge is 2.58. The molecule has 1 amide bonds. The average Bonchev–Trinajstić information content (AvgIpc) is 3.00. The van der Waals surface area contributed by atoms with Crippen molar-refractivity contribution in [1.82, 2.24) is 9.88 Å². The molecule has 0 aromatic carbocycles. The minimum Gasteiger partial charge on any atom is -0.345 e. The fourth-order valence-corrected chi connectivity index (χ4v) is 7.94. The zero-order valence-corrected chi connectivity index (χ0v) is 18.6. The van der Waals surface area contributed by atoms with Gasteiger partial charge in [0.2, 0.25) is 5.91 Å². The third kappa shape index (κ3) is 2.83. The Morgan fingerprint density at radius 1 is 1.10 bits per heavy atom. The van der Waals surface area contributed by atoms with Crippen LogP contribution in [0.15, 0.2) is 24.5 Å². The molecule has 2 heterocycles. The first-order valence-corrected chi connectivity index (χ1v) is 11.7. The van der Waals surface area contributed by atoms with Crippen LogP contribution in [0, 0.1) is 41.4 Å². The van der Waals surface area contributed by atoms with Crippen LogP contribution in [-0.2, 0) is 4.79 Å². The number of aromatic nitrogens is 1. The molecule has 0 spiro atoms. The molecule has 2 saturated carbocycles. The van der Waals surface area contributed by atoms with E-state index in [1.807, 2.05) is 18.1 Å². The molecular formula is C26H36N2O. The monoisotopic (exact) mass is 392 g/mol. The largest absolute Gasteiger partial charge is 0.345 e. The lowest BCUT2D eigenvalue weighted by Crippen LogP contribution is -2.52. The molecule has 5 rings (SSSR count). The van der Waals surface area contributed by atoms with Gasteiger partial charge < -0.3 is 4.90 Å². The standard InChI is InChI=1S/C26H36N2O/c1-17-13-18(15-27-14-17)21-7-8-22-20-6-5-19-16-28(4)24(29)10-12-25(19,2)23(20)9-11-26(21,22)3/h7,13-15,19-20,22-23H,5-6,8-12,16H2,1-4H3/t19?,20-,22?,23?,25-,26+/m0/s1. The lowest BCUT2D eigenvalue weighted by molar-refractivity contribution is -0.129. The second-order valence-corrected chi connectivity index (χ2v) is 11.0. The second-order valence-electron chi connectivity index (χ2n) is 11.0. The summed E-state index contributed by atoms with van der Waals surface area (Å²) in [5, 5.41) is 0. The van der Waals surface area contributed by atoms with E-state index >= 15 is 0 Å². The molecule has 6 atom stereocenters. The molecule has 0 radical (unpaired) electrons. The van der Waals surface area contributed by atoms with Crippen molar-refractivity contribution < 1.29 is 4.79 Å². The van der Waals surface area contributed by atoms with Gasteiger partial charge in [-0.25, -0.2) is 0 Å². The van der Waals surface area contributed by atoms with E-state index in [2.05, 4.69) is 44.1 Å². The summed E-state index contributed by atoms with van der Waals surface area (Å²) in [4.78, 5) is 18.9. The lowest BCUT2D eigenvalue weighted by Gasteiger charge is -2.58. The molecule has 0 bridgehead atoms. The number of aryl methyl sites for hydroxylation is 1. The van der Waals surface area contributed by atoms with Gasteiger partial charge in [0.15, 0.2) is 0 Å². The van der Waals surface area contributed by atoms with E-state index in [0.29, 0.717) is 17.2 Å². The number of pyridine rings is 1. The Kier molecular flexibility index (Phi) is 4.46. The summed E-state index contributed by atoms with van der Waals surface area (Å²) in [6, 6.07) is 2.32. The third-order valence-corrected chi connectivity index (χ3v) is 9.63. The van der Waals surface area contributed by atoms with E-state index in [4.69, 9.17) is 0 Å². The molecule has 1 saturated heterocycles. The molecule has 3 nitrogen and oxygen atoms in total. The summed E-state index contributed by atoms with van der Waals surface area (Å²) in [6.07, 6.45) is 14.9. The lowest BCUT2D eigenvalue weighted by atomic mass is 9.46. The molecule has 3 fully saturated rings. The van der Waals surface area contributed by atoms with Gasteiger partial charge in [-0.15, -0.1) is 0 Å². The third-order valence-electron chi connectivity index (χ3n) is 9.63. The molecule has 3 heteroatoms. The maximum Gasteiger partial charge on any atom is 0.222 e. The predicted octanol–water partition coefficient (Wildman–Crippen LogP) is 5.49. The Hall–Kier alpha value is -1.64. The smallest absolute Gasteiger partial charge is 0.222 e. The van der Waals surface area contributed by atoms with Crippen molar-refractivity contribution in [3.63, 3.8) is 0 Å². The Labute approximate surface area is 176 Å². The first-order chi connectivity index (χ1) is 13.8. The van der Waals surface area contributed by atoms with Crippen LogP contribution in [0.1, 0.15) is 69.9 Å². The quantitative estimate of drug-likeness (QED) is 0.633. The predicted molar refractivity (Wildman–Crippen MR) is 117 cm³/mol. The highest BCUT2D eigenvalue weighted by Crippen LogP contribution is 2.66. The number of rotatable bonds is 1. The van der Waals surface area contributed by atoms with Crippen molar-refractivity contribution in [1.29, 1.82) is 0 Å². The number of nitrogens with zero attached hydrogens (tertiary/aromatic N) is 2. The molecule has 4 aliphatic rings.